The molecule has 3 nitrogen and oxygen atoms in total. The van der Waals surface area contributed by atoms with Gasteiger partial charge in [0.15, 0.2) is 0 Å². The Labute approximate surface area is 148 Å². The quantitative estimate of drug-likeness (QED) is 0.412. The van der Waals surface area contributed by atoms with Crippen LogP contribution in [0.5, 0.6) is 0 Å². The van der Waals surface area contributed by atoms with E-state index in [1.54, 1.807) is 0 Å². The molecule has 0 aliphatic carbocycles. The Kier molecular flexibility index (Phi) is 7.70. The molecule has 1 aromatic rings. The van der Waals surface area contributed by atoms with Crippen molar-refractivity contribution in [3.63, 3.8) is 0 Å². The van der Waals surface area contributed by atoms with Gasteiger partial charge in [0.25, 0.3) is 5.91 Å². The number of hydrogen-bond donors (Lipinski definition) is 2. The molecule has 0 heterocycles. The Morgan fingerprint density at radius 2 is 2.06 bits per heavy atom. The van der Waals surface area contributed by atoms with Crippen LogP contribution < -0.4 is 5.32 Å². The number of aliphatic hydroxyl groups excluding tert-OH is 1. The predicted octanol–water partition coefficient (Wildman–Crippen LogP) is 3.39. The van der Waals surface area contributed by atoms with E-state index in [9.17, 15) is 9.90 Å². The first-order chi connectivity index (χ1) is 8.45. The number of rotatable bonds is 5. The van der Waals surface area contributed by atoms with E-state index in [2.05, 4.69) is 73.1 Å². The Bertz CT molecular complexity index is 438. The molecule has 0 radical (unpaired) electrons. The van der Waals surface area contributed by atoms with E-state index in [1.165, 1.54) is 0 Å². The summed E-state index contributed by atoms with van der Waals surface area (Å²) in [6.45, 7) is 2.43. The molecule has 1 unspecified atom stereocenters. The lowest BCUT2D eigenvalue weighted by molar-refractivity contribution is 0.0941. The highest BCUT2D eigenvalue weighted by Crippen LogP contribution is 2.22. The zero-order valence-corrected chi connectivity index (χ0v) is 16.3. The Balaban J connectivity index is 2.67. The molecule has 100 valence electrons. The molecule has 18 heavy (non-hydrogen) atoms. The molecule has 0 spiro atoms. The van der Waals surface area contributed by atoms with Gasteiger partial charge in [-0.15, -0.1) is 0 Å². The van der Waals surface area contributed by atoms with Crippen LogP contribution in [0.3, 0.4) is 0 Å². The Morgan fingerprint density at radius 3 is 2.67 bits per heavy atom. The summed E-state index contributed by atoms with van der Waals surface area (Å²) < 4.78 is 3.11. The molecule has 0 saturated carbocycles. The first-order valence-corrected chi connectivity index (χ1v) is 8.80. The van der Waals surface area contributed by atoms with Gasteiger partial charge < -0.3 is 10.4 Å². The molecule has 1 aromatic carbocycles. The standard InChI is InChI=1S/C12H14I3NO2/c1-2-8(17)3-4-16-12(18)9-5-7(13)6-10(14)11(9)15/h5-6,8,17H,2-4H2,1H3,(H,16,18). The van der Waals surface area contributed by atoms with Gasteiger partial charge in [-0.25, -0.2) is 0 Å². The molecular weight excluding hydrogens is 571 g/mol. The second-order valence-electron chi connectivity index (χ2n) is 3.86. The molecule has 2 N–H and O–H groups in total. The van der Waals surface area contributed by atoms with Crippen LogP contribution in [0.25, 0.3) is 0 Å². The second kappa shape index (κ2) is 8.20. The van der Waals surface area contributed by atoms with E-state index in [0.29, 0.717) is 24.9 Å². The average molecular weight is 585 g/mol. The molecule has 0 saturated heterocycles. The molecule has 0 fully saturated rings. The van der Waals surface area contributed by atoms with Crippen LogP contribution in [0.2, 0.25) is 0 Å². The van der Waals surface area contributed by atoms with Gasteiger partial charge in [-0.3, -0.25) is 4.79 Å². The topological polar surface area (TPSA) is 49.3 Å². The van der Waals surface area contributed by atoms with Gasteiger partial charge in [0, 0.05) is 17.3 Å². The zero-order valence-electron chi connectivity index (χ0n) is 9.84. The van der Waals surface area contributed by atoms with Crippen LogP contribution >= 0.6 is 67.8 Å². The van der Waals surface area contributed by atoms with Crippen molar-refractivity contribution in [1.29, 1.82) is 0 Å². The summed E-state index contributed by atoms with van der Waals surface area (Å²) in [5.74, 6) is -0.0702. The summed E-state index contributed by atoms with van der Waals surface area (Å²) in [5, 5.41) is 12.3. The molecule has 0 bridgehead atoms. The van der Waals surface area contributed by atoms with Crippen molar-refractivity contribution in [2.24, 2.45) is 0 Å². The number of halogens is 3. The fourth-order valence-electron chi connectivity index (χ4n) is 1.37. The minimum Gasteiger partial charge on any atom is -0.393 e. The number of carbonyl (C=O) groups is 1. The highest BCUT2D eigenvalue weighted by Gasteiger charge is 2.13. The number of carbonyl (C=O) groups excluding carboxylic acids is 1. The molecule has 1 amide bonds. The first kappa shape index (κ1) is 16.9. The molecule has 6 heteroatoms. The van der Waals surface area contributed by atoms with Crippen molar-refractivity contribution >= 4 is 73.7 Å². The molecule has 0 aliphatic heterocycles. The molecule has 0 aliphatic rings. The lowest BCUT2D eigenvalue weighted by atomic mass is 10.2. The number of nitrogens with one attached hydrogen (secondary N) is 1. The van der Waals surface area contributed by atoms with Crippen LogP contribution in [0.15, 0.2) is 12.1 Å². The lowest BCUT2D eigenvalue weighted by Gasteiger charge is -2.11. The predicted molar refractivity (Wildman–Crippen MR) is 97.8 cm³/mol. The Hall–Kier alpha value is 0.840. The van der Waals surface area contributed by atoms with Crippen LogP contribution in [0.1, 0.15) is 30.1 Å². The molecule has 0 aromatic heterocycles. The van der Waals surface area contributed by atoms with Gasteiger partial charge in [0.1, 0.15) is 0 Å². The van der Waals surface area contributed by atoms with Crippen LogP contribution in [-0.2, 0) is 0 Å². The zero-order chi connectivity index (χ0) is 13.7. The van der Waals surface area contributed by atoms with Gasteiger partial charge in [-0.1, -0.05) is 6.92 Å². The van der Waals surface area contributed by atoms with E-state index in [0.717, 1.165) is 10.7 Å². The fraction of sp³-hybridized carbons (Fsp3) is 0.417. The summed E-state index contributed by atoms with van der Waals surface area (Å²) in [4.78, 5) is 12.0. The van der Waals surface area contributed by atoms with E-state index < -0.39 is 0 Å². The number of aliphatic hydroxyl groups is 1. The van der Waals surface area contributed by atoms with Gasteiger partial charge in [0.2, 0.25) is 0 Å². The second-order valence-corrected chi connectivity index (χ2v) is 7.34. The number of amides is 1. The van der Waals surface area contributed by atoms with Gasteiger partial charge in [-0.2, -0.15) is 0 Å². The number of benzene rings is 1. The van der Waals surface area contributed by atoms with Crippen molar-refractivity contribution in [2.75, 3.05) is 6.54 Å². The first-order valence-electron chi connectivity index (χ1n) is 5.56. The monoisotopic (exact) mass is 585 g/mol. The highest BCUT2D eigenvalue weighted by atomic mass is 127. The van der Waals surface area contributed by atoms with Crippen LogP contribution in [0, 0.1) is 10.7 Å². The van der Waals surface area contributed by atoms with Crippen LogP contribution in [-0.4, -0.2) is 23.7 Å². The summed E-state index contributed by atoms with van der Waals surface area (Å²) in [7, 11) is 0. The van der Waals surface area contributed by atoms with Crippen molar-refractivity contribution in [3.8, 4) is 0 Å². The highest BCUT2D eigenvalue weighted by molar-refractivity contribution is 14.1. The third kappa shape index (κ3) is 5.08. The van der Waals surface area contributed by atoms with E-state index in [1.807, 2.05) is 19.1 Å². The molecule has 1 atom stereocenters. The van der Waals surface area contributed by atoms with Gasteiger partial charge in [0.05, 0.1) is 11.7 Å². The SMILES string of the molecule is CCC(O)CCNC(=O)c1cc(I)cc(I)c1I. The number of hydrogen-bond acceptors (Lipinski definition) is 2. The maximum atomic E-state index is 12.0. The fourth-order valence-corrected chi connectivity index (χ4v) is 3.77. The van der Waals surface area contributed by atoms with E-state index >= 15 is 0 Å². The third-order valence-electron chi connectivity index (χ3n) is 2.47. The summed E-state index contributed by atoms with van der Waals surface area (Å²) in [6.07, 6.45) is 0.981. The third-order valence-corrected chi connectivity index (χ3v) is 6.14. The average Bonchev–Trinajstić information content (AvgIpc) is 2.33. The molecule has 1 rings (SSSR count). The van der Waals surface area contributed by atoms with Gasteiger partial charge >= 0.3 is 0 Å². The Morgan fingerprint density at radius 1 is 1.39 bits per heavy atom. The van der Waals surface area contributed by atoms with Crippen molar-refractivity contribution < 1.29 is 9.90 Å². The minimum atomic E-state index is -0.333. The van der Waals surface area contributed by atoms with E-state index in [-0.39, 0.29) is 12.0 Å². The summed E-state index contributed by atoms with van der Waals surface area (Å²) in [6, 6.07) is 3.93. The lowest BCUT2D eigenvalue weighted by Crippen LogP contribution is -2.28. The van der Waals surface area contributed by atoms with Crippen molar-refractivity contribution in [3.05, 3.63) is 28.4 Å². The smallest absolute Gasteiger partial charge is 0.252 e. The minimum absolute atomic E-state index is 0.0702. The van der Waals surface area contributed by atoms with Crippen molar-refractivity contribution in [2.45, 2.75) is 25.9 Å². The largest absolute Gasteiger partial charge is 0.393 e. The maximum Gasteiger partial charge on any atom is 0.252 e. The molecular formula is C12H14I3NO2. The summed E-state index contributed by atoms with van der Waals surface area (Å²) >= 11 is 6.63. The van der Waals surface area contributed by atoms with Crippen molar-refractivity contribution in [1.82, 2.24) is 5.32 Å². The van der Waals surface area contributed by atoms with E-state index in [4.69, 9.17) is 0 Å². The maximum absolute atomic E-state index is 12.0. The van der Waals surface area contributed by atoms with Crippen LogP contribution in [0.4, 0.5) is 0 Å². The van der Waals surface area contributed by atoms with Gasteiger partial charge in [-0.05, 0) is 92.7 Å². The normalized spacial score (nSPS) is 12.3. The summed E-state index contributed by atoms with van der Waals surface area (Å²) in [5.41, 5.74) is 0.706.